The van der Waals surface area contributed by atoms with Crippen molar-refractivity contribution in [1.29, 1.82) is 5.26 Å². The zero-order valence-electron chi connectivity index (χ0n) is 17.4. The third-order valence-electron chi connectivity index (χ3n) is 5.72. The first-order chi connectivity index (χ1) is 14.2. The number of aromatic nitrogens is 4. The predicted octanol–water partition coefficient (Wildman–Crippen LogP) is 1.73. The van der Waals surface area contributed by atoms with E-state index in [1.54, 1.807) is 18.7 Å². The average Bonchev–Trinajstić information content (AvgIpc) is 3.06. The minimum Gasteiger partial charge on any atom is -0.334 e. The van der Waals surface area contributed by atoms with Crippen molar-refractivity contribution < 1.29 is 8.42 Å². The second-order valence-corrected chi connectivity index (χ2v) is 9.70. The van der Waals surface area contributed by atoms with Crippen molar-refractivity contribution in [1.82, 2.24) is 23.8 Å². The SMILES string of the molecule is CCc1cc(C2(C#N)CN(S(C)(=O)=O)C2)ncc1N(C)c1cc2c(cn1)ncn2C. The highest BCUT2D eigenvalue weighted by Crippen LogP contribution is 2.37. The van der Waals surface area contributed by atoms with Gasteiger partial charge in [-0.3, -0.25) is 4.98 Å². The minimum absolute atomic E-state index is 0.131. The Morgan fingerprint density at radius 2 is 1.97 bits per heavy atom. The second kappa shape index (κ2) is 7.04. The molecule has 30 heavy (non-hydrogen) atoms. The number of hydrogen-bond donors (Lipinski definition) is 0. The lowest BCUT2D eigenvalue weighted by Gasteiger charge is -2.43. The van der Waals surface area contributed by atoms with Gasteiger partial charge in [0, 0.05) is 33.3 Å². The Labute approximate surface area is 175 Å². The van der Waals surface area contributed by atoms with E-state index in [4.69, 9.17) is 0 Å². The third-order valence-corrected chi connectivity index (χ3v) is 6.91. The van der Waals surface area contributed by atoms with Crippen LogP contribution in [0.25, 0.3) is 11.0 Å². The molecule has 4 heterocycles. The van der Waals surface area contributed by atoms with Crippen molar-refractivity contribution >= 4 is 32.6 Å². The second-order valence-electron chi connectivity index (χ2n) is 7.72. The molecule has 0 atom stereocenters. The predicted molar refractivity (Wildman–Crippen MR) is 114 cm³/mol. The summed E-state index contributed by atoms with van der Waals surface area (Å²) in [6.45, 7) is 2.30. The molecule has 0 radical (unpaired) electrons. The number of pyridine rings is 2. The van der Waals surface area contributed by atoms with E-state index in [0.717, 1.165) is 40.8 Å². The van der Waals surface area contributed by atoms with Crippen molar-refractivity contribution in [3.8, 4) is 6.07 Å². The van der Waals surface area contributed by atoms with Gasteiger partial charge in [0.05, 0.1) is 47.9 Å². The van der Waals surface area contributed by atoms with Crippen LogP contribution in [-0.2, 0) is 28.9 Å². The van der Waals surface area contributed by atoms with Crippen LogP contribution >= 0.6 is 0 Å². The lowest BCUT2D eigenvalue weighted by molar-refractivity contribution is 0.201. The standard InChI is InChI=1S/C20H23N7O2S/c1-5-14-6-18(20(10-21)11-27(12-20)30(4,28)29)22-9-17(14)26(3)19-7-16-15(8-23-19)24-13-25(16)2/h6-9,13H,5,11-12H2,1-4H3. The summed E-state index contributed by atoms with van der Waals surface area (Å²) in [5.74, 6) is 0.761. The number of sulfonamides is 1. The molecule has 0 unspecified atom stereocenters. The normalized spacial score (nSPS) is 16.2. The van der Waals surface area contributed by atoms with Crippen molar-refractivity contribution in [3.63, 3.8) is 0 Å². The van der Waals surface area contributed by atoms with Crippen LogP contribution in [0, 0.1) is 11.3 Å². The zero-order chi connectivity index (χ0) is 21.7. The van der Waals surface area contributed by atoms with Crippen molar-refractivity contribution in [2.45, 2.75) is 18.8 Å². The molecule has 10 heteroatoms. The maximum atomic E-state index is 11.7. The molecule has 9 nitrogen and oxygen atoms in total. The van der Waals surface area contributed by atoms with E-state index in [1.807, 2.05) is 42.6 Å². The molecule has 0 aromatic carbocycles. The summed E-state index contributed by atoms with van der Waals surface area (Å²) in [7, 11) is 0.549. The van der Waals surface area contributed by atoms with Crippen molar-refractivity contribution in [2.24, 2.45) is 7.05 Å². The summed E-state index contributed by atoms with van der Waals surface area (Å²) < 4.78 is 26.7. The van der Waals surface area contributed by atoms with Gasteiger partial charge in [0.2, 0.25) is 10.0 Å². The number of aryl methyl sites for hydroxylation is 2. The molecule has 0 saturated carbocycles. The van der Waals surface area contributed by atoms with Crippen LogP contribution < -0.4 is 4.90 Å². The number of hydrogen-bond acceptors (Lipinski definition) is 7. The zero-order valence-corrected chi connectivity index (χ0v) is 18.2. The molecule has 156 valence electrons. The van der Waals surface area contributed by atoms with E-state index in [0.29, 0.717) is 5.69 Å². The summed E-state index contributed by atoms with van der Waals surface area (Å²) in [6, 6.07) is 6.17. The Balaban J connectivity index is 1.68. The molecule has 0 amide bonds. The maximum absolute atomic E-state index is 11.7. The summed E-state index contributed by atoms with van der Waals surface area (Å²) in [5.41, 5.74) is 3.41. The van der Waals surface area contributed by atoms with Crippen molar-refractivity contribution in [2.75, 3.05) is 31.3 Å². The van der Waals surface area contributed by atoms with Crippen LogP contribution in [-0.4, -0.2) is 58.6 Å². The molecule has 0 aliphatic carbocycles. The largest absolute Gasteiger partial charge is 0.334 e. The van der Waals surface area contributed by atoms with Gasteiger partial charge in [-0.2, -0.15) is 9.57 Å². The van der Waals surface area contributed by atoms with Gasteiger partial charge in [-0.1, -0.05) is 6.92 Å². The van der Waals surface area contributed by atoms with E-state index < -0.39 is 15.4 Å². The van der Waals surface area contributed by atoms with Gasteiger partial charge < -0.3 is 9.47 Å². The quantitative estimate of drug-likeness (QED) is 0.612. The monoisotopic (exact) mass is 425 g/mol. The van der Waals surface area contributed by atoms with E-state index in [2.05, 4.69) is 21.0 Å². The van der Waals surface area contributed by atoms with Gasteiger partial charge >= 0.3 is 0 Å². The molecule has 1 saturated heterocycles. The van der Waals surface area contributed by atoms with Gasteiger partial charge in [-0.25, -0.2) is 18.4 Å². The number of nitrogens with zero attached hydrogens (tertiary/aromatic N) is 7. The van der Waals surface area contributed by atoms with E-state index >= 15 is 0 Å². The Morgan fingerprint density at radius 1 is 1.23 bits per heavy atom. The average molecular weight is 426 g/mol. The lowest BCUT2D eigenvalue weighted by Crippen LogP contribution is -2.60. The fraction of sp³-hybridized carbons (Fsp3) is 0.400. The number of anilines is 2. The van der Waals surface area contributed by atoms with Crippen molar-refractivity contribution in [3.05, 3.63) is 42.1 Å². The fourth-order valence-electron chi connectivity index (χ4n) is 3.74. The number of fused-ring (bicyclic) bond motifs is 1. The Hall–Kier alpha value is -3.03. The van der Waals surface area contributed by atoms with Gasteiger partial charge in [0.15, 0.2) is 0 Å². The van der Waals surface area contributed by atoms with Crippen LogP contribution in [0.15, 0.2) is 30.9 Å². The molecular weight excluding hydrogens is 402 g/mol. The van der Waals surface area contributed by atoms with Crippen LogP contribution in [0.1, 0.15) is 18.2 Å². The molecule has 1 fully saturated rings. The first-order valence-corrected chi connectivity index (χ1v) is 11.4. The number of nitriles is 1. The maximum Gasteiger partial charge on any atom is 0.211 e. The lowest BCUT2D eigenvalue weighted by atomic mass is 9.79. The number of rotatable bonds is 5. The molecule has 0 spiro atoms. The molecular formula is C20H23N7O2S. The third kappa shape index (κ3) is 3.20. The fourth-order valence-corrected chi connectivity index (χ4v) is 4.65. The highest BCUT2D eigenvalue weighted by molar-refractivity contribution is 7.88. The summed E-state index contributed by atoms with van der Waals surface area (Å²) >= 11 is 0. The van der Waals surface area contributed by atoms with Crippen LogP contribution in [0.4, 0.5) is 11.5 Å². The van der Waals surface area contributed by atoms with Crippen LogP contribution in [0.3, 0.4) is 0 Å². The van der Waals surface area contributed by atoms with Crippen LogP contribution in [0.2, 0.25) is 0 Å². The topological polar surface area (TPSA) is 108 Å². The molecule has 0 N–H and O–H groups in total. The van der Waals surface area contributed by atoms with Gasteiger partial charge in [-0.05, 0) is 18.1 Å². The first kappa shape index (κ1) is 20.3. The highest BCUT2D eigenvalue weighted by atomic mass is 32.2. The Bertz CT molecular complexity index is 1270. The van der Waals surface area contributed by atoms with Gasteiger partial charge in [0.25, 0.3) is 0 Å². The Morgan fingerprint density at radius 3 is 2.60 bits per heavy atom. The van der Waals surface area contributed by atoms with Gasteiger partial charge in [-0.15, -0.1) is 0 Å². The van der Waals surface area contributed by atoms with E-state index in [9.17, 15) is 13.7 Å². The van der Waals surface area contributed by atoms with E-state index in [1.165, 1.54) is 4.31 Å². The van der Waals surface area contributed by atoms with E-state index in [-0.39, 0.29) is 13.1 Å². The molecule has 3 aromatic heterocycles. The molecule has 3 aromatic rings. The first-order valence-electron chi connectivity index (χ1n) is 9.55. The molecule has 0 bridgehead atoms. The molecule has 1 aliphatic rings. The summed E-state index contributed by atoms with van der Waals surface area (Å²) in [4.78, 5) is 15.3. The van der Waals surface area contributed by atoms with Crippen LogP contribution in [0.5, 0.6) is 0 Å². The number of imidazole rings is 1. The smallest absolute Gasteiger partial charge is 0.211 e. The Kier molecular flexibility index (Phi) is 4.75. The summed E-state index contributed by atoms with van der Waals surface area (Å²) in [6.07, 6.45) is 7.13. The molecule has 1 aliphatic heterocycles. The highest BCUT2D eigenvalue weighted by Gasteiger charge is 2.50. The summed E-state index contributed by atoms with van der Waals surface area (Å²) in [5, 5.41) is 9.76. The molecule has 4 rings (SSSR count). The minimum atomic E-state index is -3.31. The van der Waals surface area contributed by atoms with Gasteiger partial charge in [0.1, 0.15) is 16.7 Å².